The highest BCUT2D eigenvalue weighted by Crippen LogP contribution is 1.98. The lowest BCUT2D eigenvalue weighted by Crippen LogP contribution is -2.40. The second kappa shape index (κ2) is 4.80. The predicted molar refractivity (Wildman–Crippen MR) is 53.2 cm³/mol. The second-order valence-corrected chi connectivity index (χ2v) is 2.42. The highest BCUT2D eigenvalue weighted by atomic mass is 16.2. The molecule has 1 heterocycles. The molecule has 74 valence electrons. The van der Waals surface area contributed by atoms with Crippen LogP contribution in [0.1, 0.15) is 0 Å². The summed E-state index contributed by atoms with van der Waals surface area (Å²) in [5.41, 5.74) is 0. The van der Waals surface area contributed by atoms with E-state index in [9.17, 15) is 4.79 Å². The van der Waals surface area contributed by atoms with Crippen LogP contribution in [0.4, 0.5) is 10.6 Å². The maximum absolute atomic E-state index is 11.1. The van der Waals surface area contributed by atoms with Crippen molar-refractivity contribution in [1.29, 1.82) is 5.41 Å². The number of nitrogens with zero attached hydrogens (tertiary/aromatic N) is 1. The van der Waals surface area contributed by atoms with Crippen LogP contribution in [0.25, 0.3) is 0 Å². The zero-order valence-electron chi connectivity index (χ0n) is 7.66. The summed E-state index contributed by atoms with van der Waals surface area (Å²) in [5, 5.41) is 14.3. The molecule has 6 heteroatoms. The Morgan fingerprint density at radius 3 is 2.86 bits per heavy atom. The molecule has 2 amide bonds. The molecule has 0 unspecified atom stereocenters. The fourth-order valence-corrected chi connectivity index (χ4v) is 0.760. The third-order valence-electron chi connectivity index (χ3n) is 1.40. The van der Waals surface area contributed by atoms with Crippen molar-refractivity contribution >= 4 is 17.8 Å². The van der Waals surface area contributed by atoms with Crippen LogP contribution in [0, 0.1) is 5.41 Å². The van der Waals surface area contributed by atoms with E-state index in [1.807, 2.05) is 0 Å². The molecule has 1 rings (SSSR count). The maximum Gasteiger partial charge on any atom is 0.327 e. The normalized spacial score (nSPS) is 8.93. The number of anilines is 1. The zero-order chi connectivity index (χ0) is 10.4. The zero-order valence-corrected chi connectivity index (χ0v) is 7.66. The Labute approximate surface area is 81.2 Å². The van der Waals surface area contributed by atoms with Crippen molar-refractivity contribution in [3.8, 4) is 0 Å². The van der Waals surface area contributed by atoms with Crippen molar-refractivity contribution in [2.24, 2.45) is 0 Å². The number of carbonyl (C=O) groups excluding carboxylic acids is 1. The number of aromatic nitrogens is 1. The predicted octanol–water partition coefficient (Wildman–Crippen LogP) is 0.357. The molecule has 0 bridgehead atoms. The van der Waals surface area contributed by atoms with Crippen LogP contribution in [-0.2, 0) is 0 Å². The van der Waals surface area contributed by atoms with Gasteiger partial charge in [0.05, 0.1) is 0 Å². The van der Waals surface area contributed by atoms with E-state index in [1.165, 1.54) is 0 Å². The smallest absolute Gasteiger partial charge is 0.327 e. The monoisotopic (exact) mass is 193 g/mol. The molecule has 6 nitrogen and oxygen atoms in total. The maximum atomic E-state index is 11.1. The SMILES string of the molecule is CNC(=N)NC(=O)Nc1ccccn1. The topological polar surface area (TPSA) is 89.9 Å². The first kappa shape index (κ1) is 9.97. The molecule has 14 heavy (non-hydrogen) atoms. The second-order valence-electron chi connectivity index (χ2n) is 2.42. The van der Waals surface area contributed by atoms with Gasteiger partial charge in [0.2, 0.25) is 0 Å². The van der Waals surface area contributed by atoms with Crippen molar-refractivity contribution in [2.45, 2.75) is 0 Å². The molecule has 0 saturated heterocycles. The number of hydrogen-bond donors (Lipinski definition) is 4. The molecule has 0 aliphatic rings. The number of pyridine rings is 1. The lowest BCUT2D eigenvalue weighted by molar-refractivity contribution is 0.255. The van der Waals surface area contributed by atoms with Gasteiger partial charge in [-0.3, -0.25) is 16.0 Å². The first-order valence-electron chi connectivity index (χ1n) is 3.97. The lowest BCUT2D eigenvalue weighted by atomic mass is 10.5. The van der Waals surface area contributed by atoms with Crippen molar-refractivity contribution < 1.29 is 4.79 Å². The molecule has 0 atom stereocenters. The largest absolute Gasteiger partial charge is 0.359 e. The van der Waals surface area contributed by atoms with Crippen molar-refractivity contribution in [3.05, 3.63) is 24.4 Å². The Morgan fingerprint density at radius 2 is 2.29 bits per heavy atom. The van der Waals surface area contributed by atoms with Gasteiger partial charge in [-0.05, 0) is 12.1 Å². The number of guanidine groups is 1. The van der Waals surface area contributed by atoms with Crippen molar-refractivity contribution in [3.63, 3.8) is 0 Å². The van der Waals surface area contributed by atoms with Gasteiger partial charge in [0.25, 0.3) is 0 Å². The van der Waals surface area contributed by atoms with Gasteiger partial charge in [-0.15, -0.1) is 0 Å². The average molecular weight is 193 g/mol. The Bertz CT molecular complexity index is 324. The minimum absolute atomic E-state index is 0.0709. The highest BCUT2D eigenvalue weighted by Gasteiger charge is 2.02. The van der Waals surface area contributed by atoms with Gasteiger partial charge in [-0.25, -0.2) is 9.78 Å². The Morgan fingerprint density at radius 1 is 1.50 bits per heavy atom. The molecular formula is C8H11N5O. The third-order valence-corrected chi connectivity index (χ3v) is 1.40. The molecule has 0 aliphatic heterocycles. The molecule has 1 aromatic heterocycles. The standard InChI is InChI=1S/C8H11N5O/c1-10-7(9)13-8(14)12-6-4-2-3-5-11-6/h2-5H,1H3,(H4,9,10,11,12,13,14). The number of carbonyl (C=O) groups is 1. The Kier molecular flexibility index (Phi) is 3.42. The minimum atomic E-state index is -0.497. The van der Waals surface area contributed by atoms with Crippen LogP contribution in [0.5, 0.6) is 0 Å². The summed E-state index contributed by atoms with van der Waals surface area (Å²) < 4.78 is 0. The first-order valence-corrected chi connectivity index (χ1v) is 3.97. The van der Waals surface area contributed by atoms with Crippen LogP contribution < -0.4 is 16.0 Å². The quantitative estimate of drug-likeness (QED) is 0.383. The molecular weight excluding hydrogens is 182 g/mol. The van der Waals surface area contributed by atoms with Crippen LogP contribution in [0.15, 0.2) is 24.4 Å². The van der Waals surface area contributed by atoms with E-state index in [0.717, 1.165) is 0 Å². The van der Waals surface area contributed by atoms with Gasteiger partial charge < -0.3 is 5.32 Å². The summed E-state index contributed by atoms with van der Waals surface area (Å²) in [5.74, 6) is 0.368. The minimum Gasteiger partial charge on any atom is -0.359 e. The highest BCUT2D eigenvalue weighted by molar-refractivity contribution is 6.00. The summed E-state index contributed by atoms with van der Waals surface area (Å²) >= 11 is 0. The molecule has 0 spiro atoms. The van der Waals surface area contributed by atoms with E-state index in [2.05, 4.69) is 20.9 Å². The summed E-state index contributed by atoms with van der Waals surface area (Å²) in [7, 11) is 1.55. The average Bonchev–Trinajstić information content (AvgIpc) is 2.19. The number of urea groups is 1. The Balaban J connectivity index is 2.46. The molecule has 0 radical (unpaired) electrons. The summed E-state index contributed by atoms with van der Waals surface area (Å²) in [4.78, 5) is 15.0. The van der Waals surface area contributed by atoms with Gasteiger partial charge in [-0.1, -0.05) is 6.07 Å². The molecule has 0 fully saturated rings. The lowest BCUT2D eigenvalue weighted by Gasteiger charge is -2.06. The van der Waals surface area contributed by atoms with E-state index in [-0.39, 0.29) is 5.96 Å². The van der Waals surface area contributed by atoms with Gasteiger partial charge in [0.1, 0.15) is 5.82 Å². The van der Waals surface area contributed by atoms with Crippen LogP contribution >= 0.6 is 0 Å². The van der Waals surface area contributed by atoms with Crippen LogP contribution in [0.3, 0.4) is 0 Å². The summed E-state index contributed by atoms with van der Waals surface area (Å²) in [6.07, 6.45) is 1.57. The molecule has 0 aliphatic carbocycles. The van der Waals surface area contributed by atoms with Crippen molar-refractivity contribution in [1.82, 2.24) is 15.6 Å². The number of amides is 2. The molecule has 0 saturated carbocycles. The first-order chi connectivity index (χ1) is 6.72. The van der Waals surface area contributed by atoms with E-state index >= 15 is 0 Å². The van der Waals surface area contributed by atoms with Gasteiger partial charge in [-0.2, -0.15) is 0 Å². The molecule has 1 aromatic rings. The third kappa shape index (κ3) is 3.10. The van der Waals surface area contributed by atoms with E-state index in [4.69, 9.17) is 5.41 Å². The van der Waals surface area contributed by atoms with Crippen LogP contribution in [0.2, 0.25) is 0 Å². The van der Waals surface area contributed by atoms with Gasteiger partial charge in [0.15, 0.2) is 5.96 Å². The van der Waals surface area contributed by atoms with Crippen LogP contribution in [-0.4, -0.2) is 24.0 Å². The fraction of sp³-hybridized carbons (Fsp3) is 0.125. The van der Waals surface area contributed by atoms with Gasteiger partial charge in [0, 0.05) is 13.2 Å². The Hall–Kier alpha value is -2.11. The fourth-order valence-electron chi connectivity index (χ4n) is 0.760. The number of nitrogens with one attached hydrogen (secondary N) is 4. The summed E-state index contributed by atoms with van der Waals surface area (Å²) in [6.45, 7) is 0. The van der Waals surface area contributed by atoms with Crippen molar-refractivity contribution in [2.75, 3.05) is 12.4 Å². The molecule has 4 N–H and O–H groups in total. The number of hydrogen-bond acceptors (Lipinski definition) is 3. The van der Waals surface area contributed by atoms with E-state index in [1.54, 1.807) is 31.4 Å². The van der Waals surface area contributed by atoms with E-state index in [0.29, 0.717) is 5.82 Å². The number of rotatable bonds is 1. The van der Waals surface area contributed by atoms with E-state index < -0.39 is 6.03 Å². The summed E-state index contributed by atoms with van der Waals surface area (Å²) in [6, 6.07) is 4.66. The van der Waals surface area contributed by atoms with Gasteiger partial charge >= 0.3 is 6.03 Å². The molecule has 0 aromatic carbocycles.